The predicted octanol–water partition coefficient (Wildman–Crippen LogP) is 2.76. The van der Waals surface area contributed by atoms with Gasteiger partial charge in [0, 0.05) is 18.3 Å². The molecule has 0 spiro atoms. The fourth-order valence-electron chi connectivity index (χ4n) is 1.15. The Morgan fingerprint density at radius 2 is 2.21 bits per heavy atom. The summed E-state index contributed by atoms with van der Waals surface area (Å²) >= 11 is 1.62. The minimum absolute atomic E-state index is 0.692. The van der Waals surface area contributed by atoms with Gasteiger partial charge in [0.15, 0.2) is 5.06 Å². The first kappa shape index (κ1) is 9.21. The number of hydrogen-bond donors (Lipinski definition) is 0. The molecule has 0 amide bonds. The Bertz CT molecular complexity index is 358. The van der Waals surface area contributed by atoms with Gasteiger partial charge in [-0.05, 0) is 29.6 Å². The lowest BCUT2D eigenvalue weighted by Crippen LogP contribution is -2.01. The number of thiophene rings is 1. The molecule has 2 aromatic heterocycles. The van der Waals surface area contributed by atoms with Crippen molar-refractivity contribution >= 4 is 11.3 Å². The van der Waals surface area contributed by atoms with Gasteiger partial charge in [-0.15, -0.1) is 11.3 Å². The third-order valence-electron chi connectivity index (χ3n) is 1.82. The molecular weight excluding hydrogens is 194 g/mol. The van der Waals surface area contributed by atoms with E-state index in [0.717, 1.165) is 17.2 Å². The Hall–Kier alpha value is -1.35. The van der Waals surface area contributed by atoms with Crippen molar-refractivity contribution in [3.8, 4) is 5.06 Å². The summed E-state index contributed by atoms with van der Waals surface area (Å²) < 4.78 is 5.53. The zero-order valence-electron chi connectivity index (χ0n) is 7.72. The third kappa shape index (κ3) is 2.57. The van der Waals surface area contributed by atoms with E-state index in [1.807, 2.05) is 35.7 Å². The number of hydrogen-bond acceptors (Lipinski definition) is 3. The SMILES string of the molecule is c1ccc(CCOc2cccs2)nc1. The summed E-state index contributed by atoms with van der Waals surface area (Å²) in [7, 11) is 0. The molecule has 0 aliphatic heterocycles. The second-order valence-electron chi connectivity index (χ2n) is 2.85. The lowest BCUT2D eigenvalue weighted by Gasteiger charge is -2.02. The highest BCUT2D eigenvalue weighted by Gasteiger charge is 1.95. The molecule has 0 radical (unpaired) electrons. The molecule has 2 nitrogen and oxygen atoms in total. The molecular formula is C11H11NOS. The molecule has 0 unspecified atom stereocenters. The molecule has 2 aromatic rings. The van der Waals surface area contributed by atoms with Crippen molar-refractivity contribution in [1.82, 2.24) is 4.98 Å². The summed E-state index contributed by atoms with van der Waals surface area (Å²) in [5.41, 5.74) is 1.07. The molecule has 2 heterocycles. The van der Waals surface area contributed by atoms with Crippen LogP contribution in [0.2, 0.25) is 0 Å². The van der Waals surface area contributed by atoms with Crippen LogP contribution in [0, 0.1) is 0 Å². The van der Waals surface area contributed by atoms with Crippen molar-refractivity contribution in [2.45, 2.75) is 6.42 Å². The van der Waals surface area contributed by atoms with Crippen LogP contribution in [-0.2, 0) is 6.42 Å². The first-order chi connectivity index (χ1) is 6.95. The van der Waals surface area contributed by atoms with Gasteiger partial charge >= 0.3 is 0 Å². The average molecular weight is 205 g/mol. The van der Waals surface area contributed by atoms with Gasteiger partial charge < -0.3 is 4.74 Å². The van der Waals surface area contributed by atoms with Gasteiger partial charge in [0.05, 0.1) is 6.61 Å². The van der Waals surface area contributed by atoms with E-state index in [1.165, 1.54) is 0 Å². The van der Waals surface area contributed by atoms with E-state index in [-0.39, 0.29) is 0 Å². The summed E-state index contributed by atoms with van der Waals surface area (Å²) in [6.45, 7) is 0.692. The second kappa shape index (κ2) is 4.77. The van der Waals surface area contributed by atoms with Crippen LogP contribution < -0.4 is 4.74 Å². The average Bonchev–Trinajstić information content (AvgIpc) is 2.72. The number of nitrogens with zero attached hydrogens (tertiary/aromatic N) is 1. The van der Waals surface area contributed by atoms with Crippen LogP contribution in [0.25, 0.3) is 0 Å². The molecule has 0 fully saturated rings. The fourth-order valence-corrected chi connectivity index (χ4v) is 1.75. The molecule has 0 saturated heterocycles. The lowest BCUT2D eigenvalue weighted by molar-refractivity contribution is 0.330. The van der Waals surface area contributed by atoms with Crippen molar-refractivity contribution in [3.63, 3.8) is 0 Å². The van der Waals surface area contributed by atoms with E-state index < -0.39 is 0 Å². The zero-order chi connectivity index (χ0) is 9.64. The molecule has 0 aliphatic rings. The Morgan fingerprint density at radius 1 is 1.21 bits per heavy atom. The molecule has 72 valence electrons. The van der Waals surface area contributed by atoms with Crippen LogP contribution in [0.3, 0.4) is 0 Å². The normalized spacial score (nSPS) is 10.0. The van der Waals surface area contributed by atoms with Crippen molar-refractivity contribution in [1.29, 1.82) is 0 Å². The molecule has 0 bridgehead atoms. The smallest absolute Gasteiger partial charge is 0.173 e. The lowest BCUT2D eigenvalue weighted by atomic mass is 10.3. The van der Waals surface area contributed by atoms with E-state index in [1.54, 1.807) is 17.5 Å². The van der Waals surface area contributed by atoms with Gasteiger partial charge in [0.1, 0.15) is 0 Å². The van der Waals surface area contributed by atoms with Crippen LogP contribution in [-0.4, -0.2) is 11.6 Å². The monoisotopic (exact) mass is 205 g/mol. The highest BCUT2D eigenvalue weighted by Crippen LogP contribution is 2.17. The Morgan fingerprint density at radius 3 is 2.93 bits per heavy atom. The largest absolute Gasteiger partial charge is 0.484 e. The van der Waals surface area contributed by atoms with Gasteiger partial charge in [0.25, 0.3) is 0 Å². The Labute approximate surface area is 87.2 Å². The van der Waals surface area contributed by atoms with Gasteiger partial charge in [-0.3, -0.25) is 4.98 Å². The Kier molecular flexibility index (Phi) is 3.14. The number of ether oxygens (including phenoxy) is 1. The summed E-state index contributed by atoms with van der Waals surface area (Å²) in [5.74, 6) is 0. The maximum atomic E-state index is 5.53. The molecule has 0 aromatic carbocycles. The molecule has 14 heavy (non-hydrogen) atoms. The highest BCUT2D eigenvalue weighted by atomic mass is 32.1. The van der Waals surface area contributed by atoms with E-state index in [2.05, 4.69) is 4.98 Å². The van der Waals surface area contributed by atoms with Crippen molar-refractivity contribution < 1.29 is 4.74 Å². The molecule has 0 N–H and O–H groups in total. The third-order valence-corrected chi connectivity index (χ3v) is 2.60. The molecule has 0 saturated carbocycles. The summed E-state index contributed by atoms with van der Waals surface area (Å²) in [6, 6.07) is 9.89. The van der Waals surface area contributed by atoms with Crippen LogP contribution in [0.15, 0.2) is 41.9 Å². The number of rotatable bonds is 4. The second-order valence-corrected chi connectivity index (χ2v) is 3.76. The van der Waals surface area contributed by atoms with E-state index in [0.29, 0.717) is 6.61 Å². The molecule has 0 atom stereocenters. The highest BCUT2D eigenvalue weighted by molar-refractivity contribution is 7.11. The van der Waals surface area contributed by atoms with Crippen LogP contribution in [0.5, 0.6) is 5.06 Å². The first-order valence-electron chi connectivity index (χ1n) is 4.51. The minimum Gasteiger partial charge on any atom is -0.484 e. The summed E-state index contributed by atoms with van der Waals surface area (Å²) in [5, 5.41) is 2.98. The van der Waals surface area contributed by atoms with Gasteiger partial charge in [-0.25, -0.2) is 0 Å². The molecule has 2 rings (SSSR count). The number of aromatic nitrogens is 1. The Balaban J connectivity index is 1.79. The van der Waals surface area contributed by atoms with E-state index in [9.17, 15) is 0 Å². The number of pyridine rings is 1. The maximum Gasteiger partial charge on any atom is 0.173 e. The predicted molar refractivity (Wildman–Crippen MR) is 57.8 cm³/mol. The standard InChI is InChI=1S/C11H11NOS/c1-2-7-12-10(4-1)6-8-13-11-5-3-9-14-11/h1-5,7,9H,6,8H2. The maximum absolute atomic E-state index is 5.53. The molecule has 0 aliphatic carbocycles. The zero-order valence-corrected chi connectivity index (χ0v) is 8.54. The quantitative estimate of drug-likeness (QED) is 0.765. The van der Waals surface area contributed by atoms with Crippen LogP contribution >= 0.6 is 11.3 Å². The summed E-state index contributed by atoms with van der Waals surface area (Å²) in [6.07, 6.45) is 2.67. The van der Waals surface area contributed by atoms with Crippen molar-refractivity contribution in [2.75, 3.05) is 6.61 Å². The summed E-state index contributed by atoms with van der Waals surface area (Å²) in [4.78, 5) is 4.22. The van der Waals surface area contributed by atoms with Gasteiger partial charge in [-0.1, -0.05) is 6.07 Å². The fraction of sp³-hybridized carbons (Fsp3) is 0.182. The van der Waals surface area contributed by atoms with Crippen molar-refractivity contribution in [3.05, 3.63) is 47.6 Å². The van der Waals surface area contributed by atoms with Crippen LogP contribution in [0.4, 0.5) is 0 Å². The van der Waals surface area contributed by atoms with E-state index >= 15 is 0 Å². The van der Waals surface area contributed by atoms with Crippen molar-refractivity contribution in [2.24, 2.45) is 0 Å². The first-order valence-corrected chi connectivity index (χ1v) is 5.39. The minimum atomic E-state index is 0.692. The van der Waals surface area contributed by atoms with Gasteiger partial charge in [-0.2, -0.15) is 0 Å². The topological polar surface area (TPSA) is 22.1 Å². The van der Waals surface area contributed by atoms with E-state index in [4.69, 9.17) is 4.74 Å². The van der Waals surface area contributed by atoms with Crippen LogP contribution in [0.1, 0.15) is 5.69 Å². The molecule has 3 heteroatoms. The van der Waals surface area contributed by atoms with Gasteiger partial charge in [0.2, 0.25) is 0 Å².